The number of nitrogens with one attached hydrogen (secondary N) is 1. The fraction of sp³-hybridized carbons (Fsp3) is 0.125. The number of rotatable bonds is 8. The number of nitriles is 1. The maximum atomic E-state index is 12.3. The van der Waals surface area contributed by atoms with Crippen molar-refractivity contribution >= 4 is 17.6 Å². The number of hydrogen-bond acceptors (Lipinski definition) is 6. The highest BCUT2D eigenvalue weighted by atomic mass is 16.6. The van der Waals surface area contributed by atoms with E-state index in [0.717, 1.165) is 0 Å². The largest absolute Gasteiger partial charge is 0.482 e. The molecule has 0 spiro atoms. The third-order valence-electron chi connectivity index (χ3n) is 4.12. The normalized spacial score (nSPS) is 11.0. The minimum Gasteiger partial charge on any atom is -0.482 e. The van der Waals surface area contributed by atoms with Crippen LogP contribution in [0.3, 0.4) is 0 Å². The molecule has 0 saturated heterocycles. The van der Waals surface area contributed by atoms with Crippen molar-refractivity contribution in [1.82, 2.24) is 0 Å². The minimum atomic E-state index is -1.00. The van der Waals surface area contributed by atoms with Crippen molar-refractivity contribution in [3.8, 4) is 23.3 Å². The molecule has 0 radical (unpaired) electrons. The first-order valence-corrected chi connectivity index (χ1v) is 9.50. The molecule has 1 N–H and O–H groups in total. The number of para-hydroxylation sites is 1. The van der Waals surface area contributed by atoms with E-state index >= 15 is 0 Å². The molecule has 0 aliphatic heterocycles. The van der Waals surface area contributed by atoms with Gasteiger partial charge in [-0.15, -0.1) is 0 Å². The van der Waals surface area contributed by atoms with Crippen molar-refractivity contribution in [2.45, 2.75) is 13.0 Å². The van der Waals surface area contributed by atoms with Crippen LogP contribution in [0.2, 0.25) is 0 Å². The third kappa shape index (κ3) is 6.61. The zero-order valence-corrected chi connectivity index (χ0v) is 16.8. The molecule has 3 rings (SSSR count). The Morgan fingerprint density at radius 2 is 1.52 bits per heavy atom. The first-order chi connectivity index (χ1) is 15.0. The molecule has 0 aliphatic rings. The minimum absolute atomic E-state index is 0.352. The summed E-state index contributed by atoms with van der Waals surface area (Å²) >= 11 is 0. The predicted molar refractivity (Wildman–Crippen MR) is 114 cm³/mol. The number of carbonyl (C=O) groups is 2. The Bertz CT molecular complexity index is 1060. The lowest BCUT2D eigenvalue weighted by Gasteiger charge is -2.14. The molecule has 0 heterocycles. The van der Waals surface area contributed by atoms with Gasteiger partial charge < -0.3 is 19.5 Å². The van der Waals surface area contributed by atoms with Gasteiger partial charge in [0.1, 0.15) is 17.2 Å². The lowest BCUT2D eigenvalue weighted by atomic mass is 10.2. The molecular formula is C24H20N2O5. The second-order valence-electron chi connectivity index (χ2n) is 6.49. The van der Waals surface area contributed by atoms with Crippen LogP contribution in [0.1, 0.15) is 12.5 Å². The maximum absolute atomic E-state index is 12.3. The second kappa shape index (κ2) is 10.5. The Morgan fingerprint density at radius 3 is 2.16 bits per heavy atom. The summed E-state index contributed by atoms with van der Waals surface area (Å²) in [6.45, 7) is 1.12. The fourth-order valence-corrected chi connectivity index (χ4v) is 2.53. The van der Waals surface area contributed by atoms with Crippen LogP contribution in [0.25, 0.3) is 0 Å². The Hall–Kier alpha value is -4.31. The van der Waals surface area contributed by atoms with Gasteiger partial charge in [0.15, 0.2) is 12.7 Å². The summed E-state index contributed by atoms with van der Waals surface area (Å²) in [6, 6.07) is 24.5. The van der Waals surface area contributed by atoms with Gasteiger partial charge in [-0.1, -0.05) is 18.2 Å². The molecule has 0 aliphatic carbocycles. The molecule has 7 nitrogen and oxygen atoms in total. The van der Waals surface area contributed by atoms with Crippen molar-refractivity contribution in [3.05, 3.63) is 84.4 Å². The van der Waals surface area contributed by atoms with E-state index in [9.17, 15) is 9.59 Å². The summed E-state index contributed by atoms with van der Waals surface area (Å²) in [5, 5.41) is 11.4. The molecule has 31 heavy (non-hydrogen) atoms. The molecule has 0 fully saturated rings. The molecular weight excluding hydrogens is 396 g/mol. The highest BCUT2D eigenvalue weighted by Gasteiger charge is 2.18. The maximum Gasteiger partial charge on any atom is 0.344 e. The van der Waals surface area contributed by atoms with Gasteiger partial charge in [-0.2, -0.15) is 5.26 Å². The van der Waals surface area contributed by atoms with E-state index in [1.807, 2.05) is 36.4 Å². The van der Waals surface area contributed by atoms with E-state index in [4.69, 9.17) is 19.5 Å². The van der Waals surface area contributed by atoms with Crippen LogP contribution in [-0.4, -0.2) is 24.6 Å². The Balaban J connectivity index is 1.44. The van der Waals surface area contributed by atoms with Gasteiger partial charge in [0, 0.05) is 5.69 Å². The van der Waals surface area contributed by atoms with Crippen LogP contribution in [0, 0.1) is 11.3 Å². The molecule has 1 atom stereocenters. The van der Waals surface area contributed by atoms with Crippen molar-refractivity contribution in [2.75, 3.05) is 11.9 Å². The van der Waals surface area contributed by atoms with Crippen LogP contribution in [-0.2, 0) is 14.3 Å². The summed E-state index contributed by atoms with van der Waals surface area (Å²) in [5.41, 5.74) is 1.03. The number of hydrogen-bond donors (Lipinski definition) is 1. The average molecular weight is 416 g/mol. The van der Waals surface area contributed by atoms with Crippen molar-refractivity contribution in [3.63, 3.8) is 0 Å². The topological polar surface area (TPSA) is 97.7 Å². The molecule has 7 heteroatoms. The number of anilines is 1. The number of benzene rings is 3. The van der Waals surface area contributed by atoms with E-state index in [-0.39, 0.29) is 6.61 Å². The first-order valence-electron chi connectivity index (χ1n) is 9.50. The fourth-order valence-electron chi connectivity index (χ4n) is 2.53. The lowest BCUT2D eigenvalue weighted by molar-refractivity contribution is -0.155. The SMILES string of the molecule is C[C@H](OC(=O)COc1ccc(C#N)cc1)C(=O)Nc1ccc(Oc2ccccc2)cc1. The number of carbonyl (C=O) groups excluding carboxylic acids is 2. The van der Waals surface area contributed by atoms with Gasteiger partial charge in [0.2, 0.25) is 0 Å². The Labute approximate surface area is 179 Å². The van der Waals surface area contributed by atoms with Crippen LogP contribution in [0.4, 0.5) is 5.69 Å². The first kappa shape index (κ1) is 21.4. The van der Waals surface area contributed by atoms with Gasteiger partial charge in [0.05, 0.1) is 11.6 Å². The average Bonchev–Trinajstić information content (AvgIpc) is 2.80. The van der Waals surface area contributed by atoms with Crippen LogP contribution in [0.15, 0.2) is 78.9 Å². The molecule has 1 amide bonds. The summed E-state index contributed by atoms with van der Waals surface area (Å²) in [5.74, 6) is 0.611. The second-order valence-corrected chi connectivity index (χ2v) is 6.49. The van der Waals surface area contributed by atoms with Crippen molar-refractivity contribution < 1.29 is 23.8 Å². The number of nitrogens with zero attached hydrogens (tertiary/aromatic N) is 1. The van der Waals surface area contributed by atoms with E-state index < -0.39 is 18.0 Å². The zero-order chi connectivity index (χ0) is 22.1. The highest BCUT2D eigenvalue weighted by Crippen LogP contribution is 2.22. The van der Waals surface area contributed by atoms with E-state index in [2.05, 4.69) is 5.32 Å². The van der Waals surface area contributed by atoms with Crippen LogP contribution >= 0.6 is 0 Å². The zero-order valence-electron chi connectivity index (χ0n) is 16.8. The van der Waals surface area contributed by atoms with Crippen molar-refractivity contribution in [2.24, 2.45) is 0 Å². The third-order valence-corrected chi connectivity index (χ3v) is 4.12. The molecule has 0 aromatic heterocycles. The Morgan fingerprint density at radius 1 is 0.903 bits per heavy atom. The van der Waals surface area contributed by atoms with Crippen LogP contribution < -0.4 is 14.8 Å². The molecule has 3 aromatic rings. The van der Waals surface area contributed by atoms with Gasteiger partial charge in [0.25, 0.3) is 5.91 Å². The quantitative estimate of drug-likeness (QED) is 0.550. The van der Waals surface area contributed by atoms with E-state index in [1.165, 1.54) is 6.92 Å². The van der Waals surface area contributed by atoms with Gasteiger partial charge in [-0.3, -0.25) is 4.79 Å². The van der Waals surface area contributed by atoms with E-state index in [0.29, 0.717) is 28.5 Å². The number of esters is 1. The molecule has 0 saturated carbocycles. The van der Waals surface area contributed by atoms with E-state index in [1.54, 1.807) is 48.5 Å². The Kier molecular flexibility index (Phi) is 7.22. The highest BCUT2D eigenvalue weighted by molar-refractivity contribution is 5.95. The monoisotopic (exact) mass is 416 g/mol. The summed E-state index contributed by atoms with van der Waals surface area (Å²) in [4.78, 5) is 24.2. The van der Waals surface area contributed by atoms with Crippen molar-refractivity contribution in [1.29, 1.82) is 5.26 Å². The summed E-state index contributed by atoms with van der Waals surface area (Å²) in [7, 11) is 0. The molecule has 0 bridgehead atoms. The molecule has 0 unspecified atom stereocenters. The summed E-state index contributed by atoms with van der Waals surface area (Å²) < 4.78 is 16.1. The molecule has 3 aromatic carbocycles. The summed E-state index contributed by atoms with van der Waals surface area (Å²) in [6.07, 6.45) is -1.00. The van der Waals surface area contributed by atoms with Gasteiger partial charge >= 0.3 is 5.97 Å². The predicted octanol–water partition coefficient (Wildman–Crippen LogP) is 4.30. The van der Waals surface area contributed by atoms with Gasteiger partial charge in [-0.25, -0.2) is 4.79 Å². The number of ether oxygens (including phenoxy) is 3. The number of amides is 1. The van der Waals surface area contributed by atoms with Crippen LogP contribution in [0.5, 0.6) is 17.2 Å². The van der Waals surface area contributed by atoms with Gasteiger partial charge in [-0.05, 0) is 67.6 Å². The smallest absolute Gasteiger partial charge is 0.344 e. The lowest BCUT2D eigenvalue weighted by Crippen LogP contribution is -2.31. The standard InChI is InChI=1S/C24H20N2O5/c1-17(30-23(27)16-29-20-11-7-18(15-25)8-12-20)24(28)26-19-9-13-22(14-10-19)31-21-5-3-2-4-6-21/h2-14,17H,16H2,1H3,(H,26,28)/t17-/m0/s1. The molecule has 156 valence electrons.